The van der Waals surface area contributed by atoms with Crippen molar-refractivity contribution >= 4 is 13.3 Å². The monoisotopic (exact) mass is 326 g/mol. The lowest BCUT2D eigenvalue weighted by atomic mass is 9.75. The zero-order chi connectivity index (χ0) is 17.6. The second-order valence-corrected chi connectivity index (χ2v) is 6.90. The molecule has 0 heterocycles. The lowest BCUT2D eigenvalue weighted by molar-refractivity contribution is 0.815. The van der Waals surface area contributed by atoms with Crippen LogP contribution in [0.3, 0.4) is 0 Å². The Balaban J connectivity index is 2.14. The van der Waals surface area contributed by atoms with Crippen molar-refractivity contribution in [2.45, 2.75) is 38.0 Å². The van der Waals surface area contributed by atoms with Gasteiger partial charge in [-0.1, -0.05) is 84.9 Å². The molecule has 0 bridgehead atoms. The Morgan fingerprint density at radius 1 is 1.24 bits per heavy atom. The smallest absolute Gasteiger partial charge is 0.0988 e. The zero-order valence-corrected chi connectivity index (χ0v) is 15.4. The van der Waals surface area contributed by atoms with Crippen LogP contribution in [-0.4, -0.2) is 7.85 Å². The predicted molar refractivity (Wildman–Crippen MR) is 113 cm³/mol. The van der Waals surface area contributed by atoms with Gasteiger partial charge in [0.1, 0.15) is 7.85 Å². The molecule has 25 heavy (non-hydrogen) atoms. The number of benzene rings is 1. The van der Waals surface area contributed by atoms with Crippen molar-refractivity contribution < 1.29 is 0 Å². The molecule has 2 aliphatic carbocycles. The minimum Gasteiger partial charge on any atom is -0.0988 e. The molecule has 0 saturated carbocycles. The van der Waals surface area contributed by atoms with Crippen molar-refractivity contribution in [3.8, 4) is 0 Å². The Morgan fingerprint density at radius 3 is 2.76 bits per heavy atom. The van der Waals surface area contributed by atoms with Crippen molar-refractivity contribution in [3.05, 3.63) is 102 Å². The third-order valence-electron chi connectivity index (χ3n) is 5.19. The Labute approximate surface area is 153 Å². The zero-order valence-electron chi connectivity index (χ0n) is 15.4. The average Bonchev–Trinajstić information content (AvgIpc) is 2.67. The molecule has 0 radical (unpaired) electrons. The summed E-state index contributed by atoms with van der Waals surface area (Å²) in [5, 5.41) is 0. The highest BCUT2D eigenvalue weighted by Crippen LogP contribution is 2.40. The van der Waals surface area contributed by atoms with E-state index in [1.54, 1.807) is 0 Å². The highest BCUT2D eigenvalue weighted by atomic mass is 14.3. The van der Waals surface area contributed by atoms with E-state index in [9.17, 15) is 0 Å². The summed E-state index contributed by atoms with van der Waals surface area (Å²) in [4.78, 5) is 0. The van der Waals surface area contributed by atoms with Gasteiger partial charge in [0, 0.05) is 11.8 Å². The molecule has 1 aromatic rings. The number of rotatable bonds is 5. The van der Waals surface area contributed by atoms with E-state index in [2.05, 4.69) is 88.2 Å². The highest BCUT2D eigenvalue weighted by molar-refractivity contribution is 6.32. The van der Waals surface area contributed by atoms with E-state index in [-0.39, 0.29) is 5.92 Å². The van der Waals surface area contributed by atoms with E-state index < -0.39 is 0 Å². The maximum Gasteiger partial charge on any atom is 0.139 e. The molecule has 2 aliphatic rings. The molecule has 0 aromatic heterocycles. The molecule has 2 atom stereocenters. The molecule has 0 N–H and O–H groups in total. The van der Waals surface area contributed by atoms with Crippen LogP contribution >= 0.6 is 0 Å². The van der Waals surface area contributed by atoms with Crippen LogP contribution in [0.5, 0.6) is 0 Å². The number of allylic oxidation sites excluding steroid dienone is 11. The average molecular weight is 326 g/mol. The Hall–Kier alpha value is -2.28. The molecule has 0 amide bonds. The molecule has 1 heteroatoms. The molecule has 0 fully saturated rings. The van der Waals surface area contributed by atoms with Gasteiger partial charge in [0.15, 0.2) is 0 Å². The Morgan fingerprint density at radius 2 is 2.12 bits per heavy atom. The highest BCUT2D eigenvalue weighted by Gasteiger charge is 2.24. The molecule has 0 aliphatic heterocycles. The normalized spacial score (nSPS) is 21.1. The second-order valence-electron chi connectivity index (χ2n) is 6.90. The first-order valence-electron chi connectivity index (χ1n) is 9.33. The molecular weight excluding hydrogens is 299 g/mol. The quantitative estimate of drug-likeness (QED) is 0.525. The van der Waals surface area contributed by atoms with E-state index in [1.807, 2.05) is 6.08 Å². The van der Waals surface area contributed by atoms with Crippen LogP contribution in [0.2, 0.25) is 0 Å². The first-order valence-corrected chi connectivity index (χ1v) is 9.33. The SMILES string of the molecule is Bc1ccc(C2C=CC=CC2)c(C(C2=CCCC=C2)/C(C=C)=C/C)c1. The van der Waals surface area contributed by atoms with Crippen molar-refractivity contribution in [3.63, 3.8) is 0 Å². The van der Waals surface area contributed by atoms with Crippen LogP contribution in [0.15, 0.2) is 90.6 Å². The lowest BCUT2D eigenvalue weighted by Crippen LogP contribution is -2.15. The molecule has 0 nitrogen and oxygen atoms in total. The van der Waals surface area contributed by atoms with Gasteiger partial charge < -0.3 is 0 Å². The maximum absolute atomic E-state index is 4.09. The van der Waals surface area contributed by atoms with Gasteiger partial charge in [-0.15, -0.1) is 0 Å². The van der Waals surface area contributed by atoms with Crippen molar-refractivity contribution in [2.24, 2.45) is 0 Å². The summed E-state index contributed by atoms with van der Waals surface area (Å²) in [6, 6.07) is 6.95. The third-order valence-corrected chi connectivity index (χ3v) is 5.19. The molecule has 1 aromatic carbocycles. The summed E-state index contributed by atoms with van der Waals surface area (Å²) in [7, 11) is 2.19. The van der Waals surface area contributed by atoms with Crippen LogP contribution in [0.1, 0.15) is 49.1 Å². The van der Waals surface area contributed by atoms with Gasteiger partial charge in [0.05, 0.1) is 0 Å². The number of hydrogen-bond donors (Lipinski definition) is 0. The van der Waals surface area contributed by atoms with E-state index in [1.165, 1.54) is 27.7 Å². The van der Waals surface area contributed by atoms with Crippen LogP contribution in [-0.2, 0) is 0 Å². The summed E-state index contributed by atoms with van der Waals surface area (Å²) in [6.45, 7) is 6.21. The summed E-state index contributed by atoms with van der Waals surface area (Å²) in [6.07, 6.45) is 23.5. The van der Waals surface area contributed by atoms with Crippen molar-refractivity contribution in [1.82, 2.24) is 0 Å². The van der Waals surface area contributed by atoms with E-state index in [0.29, 0.717) is 5.92 Å². The summed E-state index contributed by atoms with van der Waals surface area (Å²) in [5.41, 5.74) is 6.88. The maximum atomic E-state index is 4.09. The molecule has 2 unspecified atom stereocenters. The van der Waals surface area contributed by atoms with Gasteiger partial charge in [-0.2, -0.15) is 0 Å². The second kappa shape index (κ2) is 8.20. The fourth-order valence-electron chi connectivity index (χ4n) is 3.89. The van der Waals surface area contributed by atoms with Crippen molar-refractivity contribution in [2.75, 3.05) is 0 Å². The molecule has 0 spiro atoms. The van der Waals surface area contributed by atoms with E-state index in [0.717, 1.165) is 19.3 Å². The predicted octanol–water partition coefficient (Wildman–Crippen LogP) is 5.04. The number of hydrogen-bond acceptors (Lipinski definition) is 0. The first-order chi connectivity index (χ1) is 12.2. The van der Waals surface area contributed by atoms with Crippen LogP contribution < -0.4 is 5.46 Å². The van der Waals surface area contributed by atoms with E-state index >= 15 is 0 Å². The minimum atomic E-state index is 0.272. The van der Waals surface area contributed by atoms with Crippen LogP contribution in [0, 0.1) is 0 Å². The van der Waals surface area contributed by atoms with Gasteiger partial charge in [-0.05, 0) is 48.5 Å². The molecular formula is C24H27B. The molecule has 126 valence electrons. The largest absolute Gasteiger partial charge is 0.139 e. The summed E-state index contributed by atoms with van der Waals surface area (Å²) < 4.78 is 0. The van der Waals surface area contributed by atoms with Gasteiger partial charge in [0.25, 0.3) is 0 Å². The Kier molecular flexibility index (Phi) is 5.76. The minimum absolute atomic E-state index is 0.272. The van der Waals surface area contributed by atoms with Crippen LogP contribution in [0.4, 0.5) is 0 Å². The summed E-state index contributed by atoms with van der Waals surface area (Å²) >= 11 is 0. The summed E-state index contributed by atoms with van der Waals surface area (Å²) in [5.74, 6) is 0.729. The van der Waals surface area contributed by atoms with Gasteiger partial charge >= 0.3 is 0 Å². The van der Waals surface area contributed by atoms with E-state index in [4.69, 9.17) is 0 Å². The fourth-order valence-corrected chi connectivity index (χ4v) is 3.89. The first kappa shape index (κ1) is 17.5. The molecule has 3 rings (SSSR count). The third kappa shape index (κ3) is 3.87. The topological polar surface area (TPSA) is 0 Å². The fraction of sp³-hybridized carbons (Fsp3) is 0.250. The van der Waals surface area contributed by atoms with Crippen LogP contribution in [0.25, 0.3) is 0 Å². The van der Waals surface area contributed by atoms with Gasteiger partial charge in [-0.3, -0.25) is 0 Å². The lowest BCUT2D eigenvalue weighted by Gasteiger charge is -2.28. The van der Waals surface area contributed by atoms with Gasteiger partial charge in [0.2, 0.25) is 0 Å². The standard InChI is InChI=1S/C24H27B/c1-3-18(4-2)24(20-13-9-6-10-14-20)23-17-21(25)15-16-22(23)19-11-7-5-8-12-19/h3-5,7-9,11,13-17,19,24H,1,6,10,12,25H2,2H3/b18-4+. The molecule has 0 saturated heterocycles. The Bertz CT molecular complexity index is 786. The van der Waals surface area contributed by atoms with Gasteiger partial charge in [-0.25, -0.2) is 0 Å². The van der Waals surface area contributed by atoms with Crippen molar-refractivity contribution in [1.29, 1.82) is 0 Å².